The number of nitrogens with one attached hydrogen (secondary N) is 1. The molecular formula is C21H17Cl2F3N2O4. The standard InChI is InChI=1S/C21H17Cl2F3N2O4/c1-3-28-15-6-10(2)17(32-20(30)31)9-12(15)8-16(28)19(29)27-18(21(24,25)26)11-4-5-13(22)14(23)7-11/h4-9,18H,3H2,1-2H3,(H,27,29)(H,30,31). The second-order valence-electron chi connectivity index (χ2n) is 6.94. The Morgan fingerprint density at radius 3 is 2.41 bits per heavy atom. The van der Waals surface area contributed by atoms with Crippen molar-refractivity contribution < 1.29 is 32.6 Å². The number of aromatic nitrogens is 1. The first-order valence-electron chi connectivity index (χ1n) is 9.29. The predicted octanol–water partition coefficient (Wildman–Crippen LogP) is 6.37. The number of carboxylic acid groups (broad SMARTS) is 1. The number of hydrogen-bond acceptors (Lipinski definition) is 3. The third-order valence-corrected chi connectivity index (χ3v) is 5.56. The second-order valence-corrected chi connectivity index (χ2v) is 7.75. The molecule has 0 saturated heterocycles. The smallest absolute Gasteiger partial charge is 0.449 e. The lowest BCUT2D eigenvalue weighted by Gasteiger charge is -2.23. The van der Waals surface area contributed by atoms with E-state index in [2.05, 4.69) is 0 Å². The topological polar surface area (TPSA) is 80.6 Å². The van der Waals surface area contributed by atoms with Gasteiger partial charge in [-0.2, -0.15) is 13.2 Å². The molecule has 3 rings (SSSR count). The van der Waals surface area contributed by atoms with E-state index in [1.807, 2.05) is 5.32 Å². The molecule has 0 aliphatic heterocycles. The number of aryl methyl sites for hydroxylation is 2. The maximum absolute atomic E-state index is 13.8. The summed E-state index contributed by atoms with van der Waals surface area (Å²) in [5.74, 6) is -0.899. The largest absolute Gasteiger partial charge is 0.511 e. The van der Waals surface area contributed by atoms with E-state index in [1.54, 1.807) is 19.9 Å². The minimum absolute atomic E-state index is 0.0244. The minimum atomic E-state index is -4.80. The van der Waals surface area contributed by atoms with E-state index in [0.29, 0.717) is 16.5 Å². The van der Waals surface area contributed by atoms with Crippen LogP contribution < -0.4 is 10.1 Å². The summed E-state index contributed by atoms with van der Waals surface area (Å²) in [6.45, 7) is 3.64. The van der Waals surface area contributed by atoms with Gasteiger partial charge in [-0.3, -0.25) is 4.79 Å². The zero-order valence-corrected chi connectivity index (χ0v) is 18.3. The summed E-state index contributed by atoms with van der Waals surface area (Å²) in [6.07, 6.45) is -6.30. The molecule has 170 valence electrons. The molecule has 0 aliphatic rings. The molecule has 1 amide bonds. The molecule has 1 atom stereocenters. The second kappa shape index (κ2) is 8.91. The Labute approximate surface area is 190 Å². The summed E-state index contributed by atoms with van der Waals surface area (Å²) in [6, 6.07) is 5.50. The minimum Gasteiger partial charge on any atom is -0.449 e. The lowest BCUT2D eigenvalue weighted by molar-refractivity contribution is -0.155. The molecule has 2 N–H and O–H groups in total. The van der Waals surface area contributed by atoms with Crippen LogP contribution in [0.3, 0.4) is 0 Å². The number of ether oxygens (including phenoxy) is 1. The molecule has 3 aromatic rings. The zero-order valence-electron chi connectivity index (χ0n) is 16.8. The van der Waals surface area contributed by atoms with Crippen molar-refractivity contribution in [3.63, 3.8) is 0 Å². The number of halogens is 5. The van der Waals surface area contributed by atoms with Gasteiger partial charge in [0.2, 0.25) is 0 Å². The van der Waals surface area contributed by atoms with Gasteiger partial charge in [-0.05, 0) is 55.3 Å². The van der Waals surface area contributed by atoms with Gasteiger partial charge >= 0.3 is 12.3 Å². The first-order chi connectivity index (χ1) is 14.9. The van der Waals surface area contributed by atoms with Gasteiger partial charge in [0.25, 0.3) is 5.91 Å². The highest BCUT2D eigenvalue weighted by atomic mass is 35.5. The Kier molecular flexibility index (Phi) is 6.61. The van der Waals surface area contributed by atoms with Gasteiger partial charge in [0.05, 0.1) is 10.0 Å². The Bertz CT molecular complexity index is 1210. The van der Waals surface area contributed by atoms with Crippen molar-refractivity contribution in [3.05, 3.63) is 63.3 Å². The third kappa shape index (κ3) is 4.78. The molecule has 0 saturated carbocycles. The normalized spacial score (nSPS) is 12.6. The van der Waals surface area contributed by atoms with Gasteiger partial charge in [-0.25, -0.2) is 4.79 Å². The predicted molar refractivity (Wildman–Crippen MR) is 114 cm³/mol. The summed E-state index contributed by atoms with van der Waals surface area (Å²) in [5, 5.41) is 11.3. The molecule has 0 aliphatic carbocycles. The highest BCUT2D eigenvalue weighted by Crippen LogP contribution is 2.36. The molecule has 1 unspecified atom stereocenters. The molecule has 2 aromatic carbocycles. The van der Waals surface area contributed by atoms with Crippen molar-refractivity contribution in [3.8, 4) is 5.75 Å². The summed E-state index contributed by atoms with van der Waals surface area (Å²) < 4.78 is 47.5. The van der Waals surface area contributed by atoms with E-state index in [9.17, 15) is 22.8 Å². The highest BCUT2D eigenvalue weighted by Gasteiger charge is 2.42. The monoisotopic (exact) mass is 488 g/mol. The van der Waals surface area contributed by atoms with E-state index >= 15 is 0 Å². The average Bonchev–Trinajstić information content (AvgIpc) is 3.04. The Morgan fingerprint density at radius 2 is 1.84 bits per heavy atom. The Morgan fingerprint density at radius 1 is 1.16 bits per heavy atom. The van der Waals surface area contributed by atoms with Crippen LogP contribution in [-0.2, 0) is 6.54 Å². The van der Waals surface area contributed by atoms with Crippen molar-refractivity contribution >= 4 is 46.2 Å². The highest BCUT2D eigenvalue weighted by molar-refractivity contribution is 6.42. The fourth-order valence-electron chi connectivity index (χ4n) is 3.38. The van der Waals surface area contributed by atoms with Crippen LogP contribution >= 0.6 is 23.2 Å². The SMILES string of the molecule is CCn1c(C(=O)NC(c2ccc(Cl)c(Cl)c2)C(F)(F)F)cc2cc(OC(=O)O)c(C)cc21. The maximum atomic E-state index is 13.8. The maximum Gasteiger partial charge on any atom is 0.511 e. The first-order valence-corrected chi connectivity index (χ1v) is 10.0. The molecule has 1 aromatic heterocycles. The zero-order chi connectivity index (χ0) is 23.8. The molecule has 0 fully saturated rings. The summed E-state index contributed by atoms with van der Waals surface area (Å²) >= 11 is 11.7. The summed E-state index contributed by atoms with van der Waals surface area (Å²) in [5.41, 5.74) is 0.741. The number of benzene rings is 2. The third-order valence-electron chi connectivity index (χ3n) is 4.82. The van der Waals surface area contributed by atoms with Crippen molar-refractivity contribution in [2.75, 3.05) is 0 Å². The number of hydrogen-bond donors (Lipinski definition) is 2. The van der Waals surface area contributed by atoms with Gasteiger partial charge in [0.1, 0.15) is 11.4 Å². The number of nitrogens with zero attached hydrogens (tertiary/aromatic N) is 1. The van der Waals surface area contributed by atoms with Crippen molar-refractivity contribution in [1.29, 1.82) is 0 Å². The molecular weight excluding hydrogens is 472 g/mol. The van der Waals surface area contributed by atoms with E-state index in [1.165, 1.54) is 22.8 Å². The number of alkyl halides is 3. The Hall–Kier alpha value is -2.91. The van der Waals surface area contributed by atoms with E-state index < -0.39 is 24.3 Å². The lowest BCUT2D eigenvalue weighted by Crippen LogP contribution is -2.38. The van der Waals surface area contributed by atoms with Gasteiger partial charge < -0.3 is 19.7 Å². The van der Waals surface area contributed by atoms with Gasteiger partial charge in [-0.15, -0.1) is 0 Å². The number of fused-ring (bicyclic) bond motifs is 1. The van der Waals surface area contributed by atoms with Crippen molar-refractivity contribution in [1.82, 2.24) is 9.88 Å². The van der Waals surface area contributed by atoms with Crippen LogP contribution in [0.15, 0.2) is 36.4 Å². The Balaban J connectivity index is 2.03. The van der Waals surface area contributed by atoms with Crippen LogP contribution in [0.25, 0.3) is 10.9 Å². The fraction of sp³-hybridized carbons (Fsp3) is 0.238. The number of carbonyl (C=O) groups is 2. The molecule has 0 spiro atoms. The summed E-state index contributed by atoms with van der Waals surface area (Å²) in [7, 11) is 0. The van der Waals surface area contributed by atoms with E-state index in [0.717, 1.165) is 12.1 Å². The van der Waals surface area contributed by atoms with Crippen LogP contribution in [0, 0.1) is 6.92 Å². The summed E-state index contributed by atoms with van der Waals surface area (Å²) in [4.78, 5) is 23.8. The van der Waals surface area contributed by atoms with Crippen LogP contribution in [0.1, 0.15) is 34.6 Å². The number of amides is 1. The van der Waals surface area contributed by atoms with Gasteiger partial charge in [0, 0.05) is 17.4 Å². The number of carbonyl (C=O) groups excluding carboxylic acids is 1. The average molecular weight is 489 g/mol. The molecule has 0 radical (unpaired) electrons. The lowest BCUT2D eigenvalue weighted by atomic mass is 10.1. The molecule has 11 heteroatoms. The first kappa shape index (κ1) is 23.7. The van der Waals surface area contributed by atoms with Crippen molar-refractivity contribution in [2.45, 2.75) is 32.6 Å². The molecule has 32 heavy (non-hydrogen) atoms. The van der Waals surface area contributed by atoms with Crippen LogP contribution in [-0.4, -0.2) is 27.9 Å². The van der Waals surface area contributed by atoms with Crippen LogP contribution in [0.4, 0.5) is 18.0 Å². The molecule has 0 bridgehead atoms. The van der Waals surface area contributed by atoms with Crippen molar-refractivity contribution in [2.24, 2.45) is 0 Å². The molecule has 1 heterocycles. The van der Waals surface area contributed by atoms with Crippen LogP contribution in [0.2, 0.25) is 10.0 Å². The quantitative estimate of drug-likeness (QED) is 0.323. The van der Waals surface area contributed by atoms with E-state index in [-0.39, 0.29) is 33.6 Å². The van der Waals surface area contributed by atoms with Gasteiger partial charge in [0.15, 0.2) is 6.04 Å². The van der Waals surface area contributed by atoms with E-state index in [4.69, 9.17) is 33.0 Å². The number of rotatable bonds is 5. The van der Waals surface area contributed by atoms with Crippen LogP contribution in [0.5, 0.6) is 5.75 Å². The fourth-order valence-corrected chi connectivity index (χ4v) is 3.68. The molecule has 6 nitrogen and oxygen atoms in total. The van der Waals surface area contributed by atoms with Gasteiger partial charge in [-0.1, -0.05) is 29.3 Å².